The Labute approximate surface area is 122 Å². The van der Waals surface area contributed by atoms with Crippen LogP contribution in [0.3, 0.4) is 0 Å². The number of benzene rings is 1. The minimum absolute atomic E-state index is 0.0632. The lowest BCUT2D eigenvalue weighted by atomic mass is 9.79. The fourth-order valence-corrected chi connectivity index (χ4v) is 2.79. The van der Waals surface area contributed by atoms with E-state index in [1.54, 1.807) is 0 Å². The van der Waals surface area contributed by atoms with Crippen molar-refractivity contribution in [2.24, 2.45) is 0 Å². The minimum Gasteiger partial charge on any atom is -0.468 e. The number of hydrogen-bond acceptors (Lipinski definition) is 3. The number of methoxy groups -OCH3 is 1. The van der Waals surface area contributed by atoms with Crippen molar-refractivity contribution >= 4 is 5.97 Å². The Hall–Kier alpha value is -1.35. The molecule has 0 aliphatic heterocycles. The van der Waals surface area contributed by atoms with Gasteiger partial charge in [0, 0.05) is 0 Å². The Balaban J connectivity index is 3.20. The van der Waals surface area contributed by atoms with Crippen LogP contribution in [0.1, 0.15) is 37.5 Å². The van der Waals surface area contributed by atoms with E-state index in [4.69, 9.17) is 4.74 Å². The summed E-state index contributed by atoms with van der Waals surface area (Å²) in [6.07, 6.45) is 0.675. The Kier molecular flexibility index (Phi) is 5.35. The Morgan fingerprint density at radius 1 is 1.30 bits per heavy atom. The van der Waals surface area contributed by atoms with Gasteiger partial charge in [0.05, 0.1) is 7.11 Å². The Bertz CT molecular complexity index is 472. The van der Waals surface area contributed by atoms with Gasteiger partial charge in [-0.15, -0.1) is 0 Å². The molecule has 0 heterocycles. The van der Waals surface area contributed by atoms with Crippen molar-refractivity contribution in [2.45, 2.75) is 45.6 Å². The van der Waals surface area contributed by atoms with Crippen LogP contribution in [0.25, 0.3) is 0 Å². The van der Waals surface area contributed by atoms with Gasteiger partial charge in [-0.2, -0.15) is 0 Å². The van der Waals surface area contributed by atoms with Crippen molar-refractivity contribution in [1.29, 1.82) is 0 Å². The first-order valence-electron chi connectivity index (χ1n) is 7.01. The molecule has 0 radical (unpaired) electrons. The molecule has 1 atom stereocenters. The van der Waals surface area contributed by atoms with Crippen LogP contribution in [0.2, 0.25) is 0 Å². The normalized spacial score (nSPS) is 13.4. The van der Waals surface area contributed by atoms with Crippen molar-refractivity contribution < 1.29 is 9.53 Å². The van der Waals surface area contributed by atoms with Crippen molar-refractivity contribution in [2.75, 3.05) is 21.2 Å². The number of nitrogens with zero attached hydrogens (tertiary/aromatic N) is 1. The summed E-state index contributed by atoms with van der Waals surface area (Å²) in [5.41, 5.74) is 3.89. The lowest BCUT2D eigenvalue weighted by Crippen LogP contribution is -2.39. The predicted octanol–water partition coefficient (Wildman–Crippen LogP) is 2.94. The van der Waals surface area contributed by atoms with Gasteiger partial charge >= 0.3 is 5.97 Å². The number of esters is 1. The van der Waals surface area contributed by atoms with E-state index < -0.39 is 0 Å². The van der Waals surface area contributed by atoms with Gasteiger partial charge in [-0.3, -0.25) is 9.69 Å². The maximum absolute atomic E-state index is 11.9. The van der Waals surface area contributed by atoms with E-state index >= 15 is 0 Å². The Morgan fingerprint density at radius 3 is 2.35 bits per heavy atom. The van der Waals surface area contributed by atoms with Crippen LogP contribution in [0, 0.1) is 6.92 Å². The maximum Gasteiger partial charge on any atom is 0.323 e. The molecule has 0 aromatic heterocycles. The standard InChI is InChI=1S/C17H27NO2/c1-12-9-8-10-13(15(12)17(2,3)4)11-14(18(5)6)16(19)20-7/h8-10,14H,11H2,1-7H3. The van der Waals surface area contributed by atoms with Gasteiger partial charge in [-0.1, -0.05) is 39.0 Å². The average molecular weight is 277 g/mol. The monoisotopic (exact) mass is 277 g/mol. The molecular weight excluding hydrogens is 250 g/mol. The topological polar surface area (TPSA) is 29.5 Å². The summed E-state index contributed by atoms with van der Waals surface area (Å²) in [7, 11) is 5.27. The van der Waals surface area contributed by atoms with Gasteiger partial charge in [-0.25, -0.2) is 0 Å². The zero-order chi connectivity index (χ0) is 15.5. The van der Waals surface area contributed by atoms with Crippen LogP contribution in [-0.2, 0) is 21.4 Å². The molecule has 0 N–H and O–H groups in total. The van der Waals surface area contributed by atoms with Gasteiger partial charge in [0.1, 0.15) is 6.04 Å². The van der Waals surface area contributed by atoms with Crippen LogP contribution >= 0.6 is 0 Å². The van der Waals surface area contributed by atoms with Gasteiger partial charge in [0.2, 0.25) is 0 Å². The lowest BCUT2D eigenvalue weighted by Gasteiger charge is -2.28. The fraction of sp³-hybridized carbons (Fsp3) is 0.588. The van der Waals surface area contributed by atoms with E-state index in [9.17, 15) is 4.79 Å². The zero-order valence-electron chi connectivity index (χ0n) is 13.8. The molecule has 0 amide bonds. The third-order valence-electron chi connectivity index (χ3n) is 3.62. The maximum atomic E-state index is 11.9. The first-order chi connectivity index (χ1) is 9.18. The molecule has 0 aliphatic rings. The second-order valence-electron chi connectivity index (χ2n) is 6.57. The summed E-state index contributed by atoms with van der Waals surface area (Å²) in [4.78, 5) is 13.9. The molecule has 20 heavy (non-hydrogen) atoms. The van der Waals surface area contributed by atoms with E-state index in [-0.39, 0.29) is 17.4 Å². The van der Waals surface area contributed by atoms with Crippen LogP contribution in [-0.4, -0.2) is 38.1 Å². The number of ether oxygens (including phenoxy) is 1. The number of carbonyl (C=O) groups excluding carboxylic acids is 1. The van der Waals surface area contributed by atoms with Gasteiger partial charge in [0.15, 0.2) is 0 Å². The molecule has 3 heteroatoms. The molecule has 1 unspecified atom stereocenters. The van der Waals surface area contributed by atoms with Crippen molar-refractivity contribution in [3.8, 4) is 0 Å². The summed E-state index contributed by atoms with van der Waals surface area (Å²) in [6.45, 7) is 8.76. The molecule has 0 spiro atoms. The fourth-order valence-electron chi connectivity index (χ4n) is 2.79. The SMILES string of the molecule is COC(=O)C(Cc1cccc(C)c1C(C)(C)C)N(C)C. The van der Waals surface area contributed by atoms with Gasteiger partial charge in [0.25, 0.3) is 0 Å². The molecule has 1 rings (SSSR count). The number of likely N-dealkylation sites (N-methyl/N-ethyl adjacent to an activating group) is 1. The van der Waals surface area contributed by atoms with Crippen molar-refractivity contribution in [3.05, 3.63) is 34.9 Å². The van der Waals surface area contributed by atoms with Gasteiger partial charge in [-0.05, 0) is 49.5 Å². The largest absolute Gasteiger partial charge is 0.468 e. The van der Waals surface area contributed by atoms with Crippen LogP contribution in [0.15, 0.2) is 18.2 Å². The number of hydrogen-bond donors (Lipinski definition) is 0. The first kappa shape index (κ1) is 16.7. The van der Waals surface area contributed by atoms with Crippen LogP contribution in [0.4, 0.5) is 0 Å². The molecule has 0 fully saturated rings. The summed E-state index contributed by atoms with van der Waals surface area (Å²) in [5, 5.41) is 0. The number of aryl methyl sites for hydroxylation is 1. The quantitative estimate of drug-likeness (QED) is 0.793. The smallest absolute Gasteiger partial charge is 0.323 e. The van der Waals surface area contributed by atoms with E-state index in [0.29, 0.717) is 6.42 Å². The zero-order valence-corrected chi connectivity index (χ0v) is 13.8. The van der Waals surface area contributed by atoms with Crippen molar-refractivity contribution in [3.63, 3.8) is 0 Å². The molecule has 0 saturated carbocycles. The van der Waals surface area contributed by atoms with E-state index in [2.05, 4.69) is 45.9 Å². The lowest BCUT2D eigenvalue weighted by molar-refractivity contribution is -0.145. The molecule has 0 bridgehead atoms. The molecule has 0 saturated heterocycles. The number of carbonyl (C=O) groups is 1. The molecule has 1 aromatic rings. The second-order valence-corrected chi connectivity index (χ2v) is 6.57. The molecule has 1 aromatic carbocycles. The molecule has 3 nitrogen and oxygen atoms in total. The van der Waals surface area contributed by atoms with Crippen LogP contribution < -0.4 is 0 Å². The van der Waals surface area contributed by atoms with Crippen molar-refractivity contribution in [1.82, 2.24) is 4.90 Å². The summed E-state index contributed by atoms with van der Waals surface area (Å²) in [5.74, 6) is -0.184. The highest BCUT2D eigenvalue weighted by molar-refractivity contribution is 5.76. The Morgan fingerprint density at radius 2 is 1.90 bits per heavy atom. The molecular formula is C17H27NO2. The van der Waals surface area contributed by atoms with Gasteiger partial charge < -0.3 is 4.74 Å². The highest BCUT2D eigenvalue weighted by atomic mass is 16.5. The number of rotatable bonds is 4. The summed E-state index contributed by atoms with van der Waals surface area (Å²) >= 11 is 0. The highest BCUT2D eigenvalue weighted by Gasteiger charge is 2.26. The van der Waals surface area contributed by atoms with E-state index in [0.717, 1.165) is 0 Å². The third kappa shape index (κ3) is 3.83. The van der Waals surface area contributed by atoms with E-state index in [1.165, 1.54) is 23.8 Å². The average Bonchev–Trinajstić information content (AvgIpc) is 2.33. The first-order valence-corrected chi connectivity index (χ1v) is 7.01. The molecule has 112 valence electrons. The second kappa shape index (κ2) is 6.40. The summed E-state index contributed by atoms with van der Waals surface area (Å²) < 4.78 is 4.92. The molecule has 0 aliphatic carbocycles. The minimum atomic E-state index is -0.247. The van der Waals surface area contributed by atoms with E-state index in [1.807, 2.05) is 19.0 Å². The van der Waals surface area contributed by atoms with Crippen LogP contribution in [0.5, 0.6) is 0 Å². The summed E-state index contributed by atoms with van der Waals surface area (Å²) in [6, 6.07) is 6.06. The highest BCUT2D eigenvalue weighted by Crippen LogP contribution is 2.30. The third-order valence-corrected chi connectivity index (χ3v) is 3.62. The predicted molar refractivity (Wildman–Crippen MR) is 83.1 cm³/mol.